The minimum absolute atomic E-state index is 0.0767. The molecule has 2 aliphatic rings. The molecule has 0 aliphatic carbocycles. The van der Waals surface area contributed by atoms with E-state index in [-0.39, 0.29) is 40.9 Å². The molecule has 2 aromatic carbocycles. The number of ether oxygens (including phenoxy) is 1. The summed E-state index contributed by atoms with van der Waals surface area (Å²) in [6.07, 6.45) is 1.56. The molecule has 166 valence electrons. The van der Waals surface area contributed by atoms with Crippen LogP contribution in [-0.4, -0.2) is 48.9 Å². The quantitative estimate of drug-likeness (QED) is 0.574. The van der Waals surface area contributed by atoms with Gasteiger partial charge in [0.1, 0.15) is 6.61 Å². The molecular weight excluding hydrogens is 426 g/mol. The fraction of sp³-hybridized carbons (Fsp3) is 0.174. The molecule has 3 aromatic rings. The lowest BCUT2D eigenvalue weighted by atomic mass is 10.0. The number of nitrogens with zero attached hydrogens (tertiary/aromatic N) is 4. The van der Waals surface area contributed by atoms with Crippen LogP contribution in [0.15, 0.2) is 48.2 Å². The van der Waals surface area contributed by atoms with Crippen molar-refractivity contribution in [3.05, 3.63) is 82.1 Å². The van der Waals surface area contributed by atoms with Crippen LogP contribution in [0.4, 0.5) is 0 Å². The van der Waals surface area contributed by atoms with Gasteiger partial charge < -0.3 is 25.0 Å². The predicted molar refractivity (Wildman–Crippen MR) is 115 cm³/mol. The first kappa shape index (κ1) is 20.6. The van der Waals surface area contributed by atoms with Crippen molar-refractivity contribution in [2.75, 3.05) is 6.54 Å². The highest BCUT2D eigenvalue weighted by Crippen LogP contribution is 2.35. The van der Waals surface area contributed by atoms with E-state index in [9.17, 15) is 19.5 Å². The molecule has 2 aliphatic heterocycles. The molecule has 0 saturated heterocycles. The summed E-state index contributed by atoms with van der Waals surface area (Å²) in [6, 6.07) is 11.4. The minimum Gasteiger partial charge on any atom is -0.452 e. The Morgan fingerprint density at radius 1 is 1.12 bits per heavy atom. The third-order valence-electron chi connectivity index (χ3n) is 5.67. The van der Waals surface area contributed by atoms with Crippen molar-refractivity contribution in [1.82, 2.24) is 19.7 Å². The second kappa shape index (κ2) is 7.99. The van der Waals surface area contributed by atoms with Gasteiger partial charge in [0.2, 0.25) is 5.78 Å². The number of amides is 2. The molecule has 5 rings (SSSR count). The molecule has 10 nitrogen and oxygen atoms in total. The van der Waals surface area contributed by atoms with Crippen LogP contribution in [-0.2, 0) is 19.7 Å². The van der Waals surface area contributed by atoms with E-state index >= 15 is 0 Å². The Hall–Kier alpha value is -4.31. The van der Waals surface area contributed by atoms with Gasteiger partial charge in [0.15, 0.2) is 23.2 Å². The number of Topliss-reactive ketones (excluding diaryl/α,β-unsaturated/α-hetero) is 1. The van der Waals surface area contributed by atoms with Crippen LogP contribution in [0.2, 0.25) is 0 Å². The van der Waals surface area contributed by atoms with Crippen LogP contribution in [0.3, 0.4) is 0 Å². The van der Waals surface area contributed by atoms with Gasteiger partial charge in [-0.3, -0.25) is 14.4 Å². The molecule has 1 aromatic heterocycles. The molecular formula is C23H19N5O5. The molecule has 0 atom stereocenters. The van der Waals surface area contributed by atoms with Crippen LogP contribution in [0.25, 0.3) is 6.08 Å². The molecule has 2 amide bonds. The second-order valence-electron chi connectivity index (χ2n) is 7.68. The van der Waals surface area contributed by atoms with E-state index in [4.69, 9.17) is 10.5 Å². The van der Waals surface area contributed by atoms with Crippen LogP contribution < -0.4 is 10.5 Å². The van der Waals surface area contributed by atoms with Gasteiger partial charge in [0, 0.05) is 18.7 Å². The molecule has 0 bridgehead atoms. The van der Waals surface area contributed by atoms with Crippen LogP contribution in [0.5, 0.6) is 5.75 Å². The fourth-order valence-corrected chi connectivity index (χ4v) is 3.97. The van der Waals surface area contributed by atoms with Crippen molar-refractivity contribution in [3.63, 3.8) is 0 Å². The van der Waals surface area contributed by atoms with E-state index < -0.39 is 5.91 Å². The Kier molecular flexibility index (Phi) is 4.98. The van der Waals surface area contributed by atoms with E-state index in [0.29, 0.717) is 42.4 Å². The monoisotopic (exact) mass is 445 g/mol. The van der Waals surface area contributed by atoms with Gasteiger partial charge in [-0.1, -0.05) is 18.2 Å². The first-order valence-corrected chi connectivity index (χ1v) is 10.2. The van der Waals surface area contributed by atoms with E-state index in [0.717, 1.165) is 0 Å². The van der Waals surface area contributed by atoms with E-state index in [1.54, 1.807) is 47.4 Å². The van der Waals surface area contributed by atoms with Gasteiger partial charge in [0.25, 0.3) is 11.8 Å². The number of rotatable bonds is 4. The molecule has 0 spiro atoms. The summed E-state index contributed by atoms with van der Waals surface area (Å²) in [4.78, 5) is 38.8. The number of hydrogen-bond acceptors (Lipinski definition) is 7. The van der Waals surface area contributed by atoms with Crippen LogP contribution in [0.1, 0.15) is 48.3 Å². The van der Waals surface area contributed by atoms with E-state index in [1.807, 2.05) is 4.57 Å². The summed E-state index contributed by atoms with van der Waals surface area (Å²) in [5, 5.41) is 17.3. The predicted octanol–water partition coefficient (Wildman–Crippen LogP) is 1.14. The van der Waals surface area contributed by atoms with Crippen molar-refractivity contribution >= 4 is 23.7 Å². The van der Waals surface area contributed by atoms with Crippen LogP contribution in [0, 0.1) is 0 Å². The van der Waals surface area contributed by atoms with Crippen LogP contribution >= 0.6 is 0 Å². The van der Waals surface area contributed by atoms with E-state index in [2.05, 4.69) is 10.2 Å². The number of allylic oxidation sites excluding steroid dienone is 1. The number of para-hydroxylation sites is 1. The number of hydrogen-bond donors (Lipinski definition) is 2. The number of aliphatic hydroxyl groups is 1. The number of aliphatic hydroxyl groups excluding tert-OH is 1. The normalized spacial score (nSPS) is 15.8. The van der Waals surface area contributed by atoms with Gasteiger partial charge in [-0.15, -0.1) is 10.2 Å². The maximum atomic E-state index is 12.9. The molecule has 10 heteroatoms. The zero-order valence-electron chi connectivity index (χ0n) is 17.4. The zero-order valence-corrected chi connectivity index (χ0v) is 17.4. The molecule has 0 saturated carbocycles. The largest absolute Gasteiger partial charge is 0.452 e. The molecule has 3 heterocycles. The third-order valence-corrected chi connectivity index (χ3v) is 5.67. The Morgan fingerprint density at radius 3 is 2.64 bits per heavy atom. The highest BCUT2D eigenvalue weighted by atomic mass is 16.5. The lowest BCUT2D eigenvalue weighted by Gasteiger charge is -2.27. The van der Waals surface area contributed by atoms with Gasteiger partial charge in [-0.25, -0.2) is 0 Å². The molecule has 0 fully saturated rings. The van der Waals surface area contributed by atoms with E-state index in [1.165, 1.54) is 6.07 Å². The smallest absolute Gasteiger partial charge is 0.254 e. The van der Waals surface area contributed by atoms with Crippen molar-refractivity contribution in [1.29, 1.82) is 0 Å². The first-order chi connectivity index (χ1) is 16.0. The van der Waals surface area contributed by atoms with Gasteiger partial charge in [0.05, 0.1) is 17.7 Å². The Balaban J connectivity index is 1.33. The molecule has 3 N–H and O–H groups in total. The fourth-order valence-electron chi connectivity index (χ4n) is 3.97. The second-order valence-corrected chi connectivity index (χ2v) is 7.68. The minimum atomic E-state index is -0.674. The highest BCUT2D eigenvalue weighted by Gasteiger charge is 2.31. The number of carbonyl (C=O) groups is 3. The third kappa shape index (κ3) is 3.56. The number of nitrogens with two attached hydrogens (primary N) is 1. The van der Waals surface area contributed by atoms with Gasteiger partial charge in [-0.05, 0) is 35.9 Å². The number of aromatic nitrogens is 3. The lowest BCUT2D eigenvalue weighted by Crippen LogP contribution is -2.38. The summed E-state index contributed by atoms with van der Waals surface area (Å²) in [6.45, 7) is 1.10. The van der Waals surface area contributed by atoms with Gasteiger partial charge in [-0.2, -0.15) is 0 Å². The number of primary amides is 1. The summed E-state index contributed by atoms with van der Waals surface area (Å²) in [7, 11) is 0. The Bertz CT molecular complexity index is 1330. The molecule has 0 unspecified atom stereocenters. The van der Waals surface area contributed by atoms with Crippen molar-refractivity contribution in [3.8, 4) is 5.75 Å². The standard InChI is InChI=1S/C23H19N5O5/c24-22(31)16-3-1-2-15-20(30)17(33-21(15)16)10-13-4-6-14(7-5-13)23(32)27-8-9-28-18(11-27)25-26-19(28)12-29/h1-7,10,29H,8-9,11-12H2,(H2,24,31)/b17-10-. The summed E-state index contributed by atoms with van der Waals surface area (Å²) in [5.41, 5.74) is 6.95. The van der Waals surface area contributed by atoms with Crippen molar-refractivity contribution < 1.29 is 24.2 Å². The number of carbonyl (C=O) groups excluding carboxylic acids is 3. The van der Waals surface area contributed by atoms with Gasteiger partial charge >= 0.3 is 0 Å². The number of fused-ring (bicyclic) bond motifs is 2. The maximum Gasteiger partial charge on any atom is 0.254 e. The highest BCUT2D eigenvalue weighted by molar-refractivity contribution is 6.16. The maximum absolute atomic E-state index is 12.9. The Labute approximate surface area is 187 Å². The number of benzene rings is 2. The average Bonchev–Trinajstić information content (AvgIpc) is 3.39. The SMILES string of the molecule is NC(=O)c1cccc2c1O/C(=C\c1ccc(C(=O)N3CCn4c(CO)nnc4C3)cc1)C2=O. The molecule has 0 radical (unpaired) electrons. The number of ketones is 1. The molecule has 33 heavy (non-hydrogen) atoms. The van der Waals surface area contributed by atoms with Crippen molar-refractivity contribution in [2.45, 2.75) is 19.7 Å². The average molecular weight is 445 g/mol. The topological polar surface area (TPSA) is 141 Å². The summed E-state index contributed by atoms with van der Waals surface area (Å²) >= 11 is 0. The summed E-state index contributed by atoms with van der Waals surface area (Å²) in [5.74, 6) is 0.194. The van der Waals surface area contributed by atoms with Crippen molar-refractivity contribution in [2.24, 2.45) is 5.73 Å². The Morgan fingerprint density at radius 2 is 1.91 bits per heavy atom. The summed E-state index contributed by atoms with van der Waals surface area (Å²) < 4.78 is 7.45. The zero-order chi connectivity index (χ0) is 23.1. The first-order valence-electron chi connectivity index (χ1n) is 10.2. The lowest BCUT2D eigenvalue weighted by molar-refractivity contribution is 0.0704.